The van der Waals surface area contributed by atoms with E-state index >= 15 is 0 Å². The van der Waals surface area contributed by atoms with Gasteiger partial charge in [-0.05, 0) is 37.0 Å². The Balaban J connectivity index is 1.88. The van der Waals surface area contributed by atoms with E-state index < -0.39 is 0 Å². The van der Waals surface area contributed by atoms with Gasteiger partial charge < -0.3 is 9.64 Å². The van der Waals surface area contributed by atoms with Crippen LogP contribution < -0.4 is 0 Å². The Hall–Kier alpha value is -1.42. The highest BCUT2D eigenvalue weighted by Crippen LogP contribution is 2.33. The van der Waals surface area contributed by atoms with Gasteiger partial charge in [0.15, 0.2) is 0 Å². The summed E-state index contributed by atoms with van der Waals surface area (Å²) in [5.41, 5.74) is 1.78. The first-order valence-electron chi connectivity index (χ1n) is 6.37. The molecule has 1 fully saturated rings. The first kappa shape index (κ1) is 11.7. The summed E-state index contributed by atoms with van der Waals surface area (Å²) < 4.78 is 18.7. The molecule has 96 valence electrons. The molecule has 0 amide bonds. The number of benzene rings is 1. The number of hydrogen-bond acceptors (Lipinski definition) is 2. The van der Waals surface area contributed by atoms with Gasteiger partial charge in [0.05, 0.1) is 12.1 Å². The minimum absolute atomic E-state index is 0.199. The van der Waals surface area contributed by atoms with Gasteiger partial charge in [-0.25, -0.2) is 4.39 Å². The zero-order valence-corrected chi connectivity index (χ0v) is 10.4. The van der Waals surface area contributed by atoms with Crippen molar-refractivity contribution in [3.63, 3.8) is 0 Å². The van der Waals surface area contributed by atoms with Crippen molar-refractivity contribution in [2.24, 2.45) is 0 Å². The van der Waals surface area contributed by atoms with Crippen molar-refractivity contribution in [3.8, 4) is 0 Å². The number of hydrogen-bond donors (Lipinski definition) is 1. The molecular formula is C14H17FN2O. The third-order valence-electron chi connectivity index (χ3n) is 4.08. The van der Waals surface area contributed by atoms with Crippen LogP contribution >= 0.6 is 0 Å². The smallest absolute Gasteiger partial charge is 0.129 e. The minimum Gasteiger partial charge on any atom is -0.379 e. The third kappa shape index (κ3) is 1.72. The molecule has 0 bridgehead atoms. The van der Waals surface area contributed by atoms with Gasteiger partial charge in [0.1, 0.15) is 11.7 Å². The van der Waals surface area contributed by atoms with Gasteiger partial charge in [-0.15, -0.1) is 0 Å². The van der Waals surface area contributed by atoms with Crippen LogP contribution in [0.3, 0.4) is 0 Å². The fraction of sp³-hybridized carbons (Fsp3) is 0.500. The molecule has 0 radical (unpaired) electrons. The molecule has 2 aliphatic rings. The van der Waals surface area contributed by atoms with Gasteiger partial charge in [0, 0.05) is 19.2 Å². The monoisotopic (exact) mass is 248 g/mol. The maximum atomic E-state index is 13.2. The molecule has 0 spiro atoms. The van der Waals surface area contributed by atoms with E-state index in [-0.39, 0.29) is 18.0 Å². The SMILES string of the molecule is COC1CCCC1N1Cc2ccc(F)cc2C1=N. The third-order valence-corrected chi connectivity index (χ3v) is 4.08. The van der Waals surface area contributed by atoms with Crippen LogP contribution in [0.5, 0.6) is 0 Å². The zero-order chi connectivity index (χ0) is 12.7. The average molecular weight is 248 g/mol. The summed E-state index contributed by atoms with van der Waals surface area (Å²) in [5, 5.41) is 8.22. The van der Waals surface area contributed by atoms with Crippen molar-refractivity contribution in [3.05, 3.63) is 35.1 Å². The molecule has 1 saturated carbocycles. The maximum absolute atomic E-state index is 13.2. The van der Waals surface area contributed by atoms with Crippen LogP contribution in [-0.2, 0) is 11.3 Å². The summed E-state index contributed by atoms with van der Waals surface area (Å²) in [5.74, 6) is 0.175. The fourth-order valence-electron chi connectivity index (χ4n) is 3.15. The minimum atomic E-state index is -0.268. The molecule has 1 aromatic carbocycles. The first-order valence-corrected chi connectivity index (χ1v) is 6.37. The van der Waals surface area contributed by atoms with E-state index in [4.69, 9.17) is 10.1 Å². The molecule has 1 aliphatic carbocycles. The fourth-order valence-corrected chi connectivity index (χ4v) is 3.15. The van der Waals surface area contributed by atoms with Crippen LogP contribution in [0.2, 0.25) is 0 Å². The van der Waals surface area contributed by atoms with Gasteiger partial charge in [-0.1, -0.05) is 6.07 Å². The lowest BCUT2D eigenvalue weighted by atomic mass is 10.1. The van der Waals surface area contributed by atoms with E-state index in [0.29, 0.717) is 12.4 Å². The van der Waals surface area contributed by atoms with Crippen LogP contribution in [0.15, 0.2) is 18.2 Å². The normalized spacial score (nSPS) is 26.8. The molecule has 2 unspecified atom stereocenters. The Morgan fingerprint density at radius 3 is 3.00 bits per heavy atom. The summed E-state index contributed by atoms with van der Waals surface area (Å²) in [6, 6.07) is 4.99. The number of fused-ring (bicyclic) bond motifs is 1. The highest BCUT2D eigenvalue weighted by Gasteiger charge is 2.37. The Bertz CT molecular complexity index is 489. The van der Waals surface area contributed by atoms with E-state index in [1.54, 1.807) is 13.2 Å². The Kier molecular flexibility index (Phi) is 2.82. The van der Waals surface area contributed by atoms with Gasteiger partial charge in [0.25, 0.3) is 0 Å². The summed E-state index contributed by atoms with van der Waals surface area (Å²) in [6.45, 7) is 0.707. The number of nitrogens with zero attached hydrogens (tertiary/aromatic N) is 1. The number of nitrogens with one attached hydrogen (secondary N) is 1. The topological polar surface area (TPSA) is 36.3 Å². The van der Waals surface area contributed by atoms with Gasteiger partial charge in [-0.3, -0.25) is 5.41 Å². The summed E-state index contributed by atoms with van der Waals surface area (Å²) >= 11 is 0. The largest absolute Gasteiger partial charge is 0.379 e. The molecule has 18 heavy (non-hydrogen) atoms. The predicted octanol–water partition coefficient (Wildman–Crippen LogP) is 2.53. The van der Waals surface area contributed by atoms with Crippen molar-refractivity contribution in [2.45, 2.75) is 38.0 Å². The van der Waals surface area contributed by atoms with Crippen molar-refractivity contribution >= 4 is 5.84 Å². The second-order valence-electron chi connectivity index (χ2n) is 5.05. The van der Waals surface area contributed by atoms with Crippen LogP contribution in [0.25, 0.3) is 0 Å². The van der Waals surface area contributed by atoms with Crippen molar-refractivity contribution in [1.29, 1.82) is 5.41 Å². The Labute approximate surface area is 106 Å². The molecule has 1 aliphatic heterocycles. The number of amidine groups is 1. The molecule has 0 aromatic heterocycles. The summed E-state index contributed by atoms with van der Waals surface area (Å²) in [7, 11) is 1.73. The quantitative estimate of drug-likeness (QED) is 0.873. The van der Waals surface area contributed by atoms with Gasteiger partial charge in [0.2, 0.25) is 0 Å². The van der Waals surface area contributed by atoms with E-state index in [0.717, 1.165) is 30.4 Å². The lowest BCUT2D eigenvalue weighted by Crippen LogP contribution is -2.41. The lowest BCUT2D eigenvalue weighted by molar-refractivity contribution is 0.0569. The standard InChI is InChI=1S/C14H17FN2O/c1-18-13-4-2-3-12(13)17-8-9-5-6-10(15)7-11(9)14(17)16/h5-7,12-13,16H,2-4,8H2,1H3. The van der Waals surface area contributed by atoms with Crippen LogP contribution in [0.1, 0.15) is 30.4 Å². The molecule has 3 rings (SSSR count). The lowest BCUT2D eigenvalue weighted by Gasteiger charge is -2.30. The van der Waals surface area contributed by atoms with Gasteiger partial charge in [-0.2, -0.15) is 0 Å². The second kappa shape index (κ2) is 4.35. The highest BCUT2D eigenvalue weighted by molar-refractivity contribution is 6.00. The molecular weight excluding hydrogens is 231 g/mol. The number of methoxy groups -OCH3 is 1. The van der Waals surface area contributed by atoms with E-state index in [9.17, 15) is 4.39 Å². The molecule has 1 heterocycles. The predicted molar refractivity (Wildman–Crippen MR) is 67.2 cm³/mol. The van der Waals surface area contributed by atoms with Crippen LogP contribution in [0.4, 0.5) is 4.39 Å². The van der Waals surface area contributed by atoms with Gasteiger partial charge >= 0.3 is 0 Å². The Morgan fingerprint density at radius 2 is 2.22 bits per heavy atom. The molecule has 1 aromatic rings. The van der Waals surface area contributed by atoms with E-state index in [2.05, 4.69) is 4.90 Å². The van der Waals surface area contributed by atoms with E-state index in [1.807, 2.05) is 0 Å². The summed E-state index contributed by atoms with van der Waals surface area (Å²) in [6.07, 6.45) is 3.44. The number of halogens is 1. The highest BCUT2D eigenvalue weighted by atomic mass is 19.1. The van der Waals surface area contributed by atoms with Crippen molar-refractivity contribution in [2.75, 3.05) is 7.11 Å². The molecule has 1 N–H and O–H groups in total. The molecule has 3 nitrogen and oxygen atoms in total. The van der Waals surface area contributed by atoms with Crippen LogP contribution in [-0.4, -0.2) is 30.0 Å². The second-order valence-corrected chi connectivity index (χ2v) is 5.05. The van der Waals surface area contributed by atoms with Crippen LogP contribution in [0, 0.1) is 11.2 Å². The Morgan fingerprint density at radius 1 is 1.39 bits per heavy atom. The van der Waals surface area contributed by atoms with E-state index in [1.165, 1.54) is 12.1 Å². The van der Waals surface area contributed by atoms with Crippen molar-refractivity contribution < 1.29 is 9.13 Å². The van der Waals surface area contributed by atoms with Crippen molar-refractivity contribution in [1.82, 2.24) is 4.90 Å². The average Bonchev–Trinajstić information content (AvgIpc) is 2.94. The molecule has 2 atom stereocenters. The molecule has 4 heteroatoms. The zero-order valence-electron chi connectivity index (χ0n) is 10.4. The number of rotatable bonds is 2. The summed E-state index contributed by atoms with van der Waals surface area (Å²) in [4.78, 5) is 2.06. The maximum Gasteiger partial charge on any atom is 0.129 e. The molecule has 0 saturated heterocycles. The number of ether oxygens (including phenoxy) is 1. The first-order chi connectivity index (χ1) is 8.70.